The number of piperidine rings is 1. The molecule has 0 atom stereocenters. The Morgan fingerprint density at radius 3 is 2.53 bits per heavy atom. The molecule has 0 spiro atoms. The highest BCUT2D eigenvalue weighted by Crippen LogP contribution is 2.10. The summed E-state index contributed by atoms with van der Waals surface area (Å²) in [7, 11) is 0. The third kappa shape index (κ3) is 4.93. The SMILES string of the molecule is CCCCNC(=O)N1CCC(NC(N)=O)CC1. The van der Waals surface area contributed by atoms with Crippen LogP contribution in [0.3, 0.4) is 0 Å². The van der Waals surface area contributed by atoms with Crippen LogP contribution in [0.25, 0.3) is 0 Å². The summed E-state index contributed by atoms with van der Waals surface area (Å²) in [4.78, 5) is 24.2. The van der Waals surface area contributed by atoms with Crippen molar-refractivity contribution in [2.24, 2.45) is 5.73 Å². The van der Waals surface area contributed by atoms with Gasteiger partial charge in [0.15, 0.2) is 0 Å². The van der Waals surface area contributed by atoms with Gasteiger partial charge in [-0.1, -0.05) is 13.3 Å². The first-order valence-electron chi connectivity index (χ1n) is 6.22. The molecule has 1 heterocycles. The Morgan fingerprint density at radius 1 is 1.35 bits per heavy atom. The molecule has 1 fully saturated rings. The molecule has 0 radical (unpaired) electrons. The number of carbonyl (C=O) groups is 2. The summed E-state index contributed by atoms with van der Waals surface area (Å²) in [6.45, 7) is 4.16. The number of nitrogens with two attached hydrogens (primary N) is 1. The Kier molecular flexibility index (Phi) is 5.59. The van der Waals surface area contributed by atoms with Crippen LogP contribution >= 0.6 is 0 Å². The molecule has 17 heavy (non-hydrogen) atoms. The molecule has 0 aromatic rings. The highest BCUT2D eigenvalue weighted by molar-refractivity contribution is 5.74. The number of hydrogen-bond acceptors (Lipinski definition) is 2. The summed E-state index contributed by atoms with van der Waals surface area (Å²) >= 11 is 0. The van der Waals surface area contributed by atoms with Gasteiger partial charge in [-0.15, -0.1) is 0 Å². The maximum Gasteiger partial charge on any atom is 0.317 e. The largest absolute Gasteiger partial charge is 0.352 e. The van der Waals surface area contributed by atoms with Crippen molar-refractivity contribution in [2.75, 3.05) is 19.6 Å². The van der Waals surface area contributed by atoms with Crippen LogP contribution in [0.2, 0.25) is 0 Å². The quantitative estimate of drug-likeness (QED) is 0.631. The summed E-state index contributed by atoms with van der Waals surface area (Å²) in [5, 5.41) is 5.56. The molecule has 6 heteroatoms. The van der Waals surface area contributed by atoms with E-state index in [1.807, 2.05) is 0 Å². The molecule has 0 aliphatic carbocycles. The van der Waals surface area contributed by atoms with E-state index in [4.69, 9.17) is 5.73 Å². The van der Waals surface area contributed by atoms with Gasteiger partial charge in [0.2, 0.25) is 0 Å². The fourth-order valence-corrected chi connectivity index (χ4v) is 1.91. The number of hydrogen-bond donors (Lipinski definition) is 3. The average molecular weight is 242 g/mol. The third-order valence-electron chi connectivity index (χ3n) is 2.94. The van der Waals surface area contributed by atoms with Gasteiger partial charge in [-0.3, -0.25) is 0 Å². The first kappa shape index (κ1) is 13.6. The molecular formula is C11H22N4O2. The van der Waals surface area contributed by atoms with E-state index in [2.05, 4.69) is 17.6 Å². The highest BCUT2D eigenvalue weighted by atomic mass is 16.2. The molecule has 1 aliphatic heterocycles. The molecule has 0 aromatic carbocycles. The standard InChI is InChI=1S/C11H22N4O2/c1-2-3-6-13-11(17)15-7-4-9(5-8-15)14-10(12)16/h9H,2-8H2,1H3,(H,13,17)(H3,12,14,16). The highest BCUT2D eigenvalue weighted by Gasteiger charge is 2.22. The summed E-state index contributed by atoms with van der Waals surface area (Å²) in [6.07, 6.45) is 3.62. The number of carbonyl (C=O) groups excluding carboxylic acids is 2. The summed E-state index contributed by atoms with van der Waals surface area (Å²) in [6, 6.07) is -0.390. The fourth-order valence-electron chi connectivity index (χ4n) is 1.91. The van der Waals surface area contributed by atoms with Crippen molar-refractivity contribution in [1.29, 1.82) is 0 Å². The van der Waals surface area contributed by atoms with E-state index in [0.717, 1.165) is 32.2 Å². The van der Waals surface area contributed by atoms with Crippen LogP contribution in [-0.2, 0) is 0 Å². The lowest BCUT2D eigenvalue weighted by molar-refractivity contribution is 0.176. The average Bonchev–Trinajstić information content (AvgIpc) is 2.29. The minimum Gasteiger partial charge on any atom is -0.352 e. The lowest BCUT2D eigenvalue weighted by atomic mass is 10.1. The topological polar surface area (TPSA) is 87.5 Å². The van der Waals surface area contributed by atoms with Crippen LogP contribution in [0, 0.1) is 0 Å². The number of amides is 4. The van der Waals surface area contributed by atoms with Crippen molar-refractivity contribution in [3.05, 3.63) is 0 Å². The van der Waals surface area contributed by atoms with Crippen molar-refractivity contribution >= 4 is 12.1 Å². The van der Waals surface area contributed by atoms with Crippen LogP contribution < -0.4 is 16.4 Å². The first-order valence-corrected chi connectivity index (χ1v) is 6.22. The lowest BCUT2D eigenvalue weighted by Gasteiger charge is -2.32. The van der Waals surface area contributed by atoms with Crippen LogP contribution in [0.15, 0.2) is 0 Å². The van der Waals surface area contributed by atoms with Gasteiger partial charge in [-0.05, 0) is 19.3 Å². The number of likely N-dealkylation sites (tertiary alicyclic amines) is 1. The predicted molar refractivity (Wildman–Crippen MR) is 65.6 cm³/mol. The van der Waals surface area contributed by atoms with E-state index in [9.17, 15) is 9.59 Å². The smallest absolute Gasteiger partial charge is 0.317 e. The minimum atomic E-state index is -0.490. The summed E-state index contributed by atoms with van der Waals surface area (Å²) in [5.74, 6) is 0. The van der Waals surface area contributed by atoms with Crippen LogP contribution in [0.4, 0.5) is 9.59 Å². The van der Waals surface area contributed by atoms with E-state index in [1.165, 1.54) is 0 Å². The number of unbranched alkanes of at least 4 members (excludes halogenated alkanes) is 1. The van der Waals surface area contributed by atoms with Crippen LogP contribution in [0.1, 0.15) is 32.6 Å². The van der Waals surface area contributed by atoms with E-state index >= 15 is 0 Å². The van der Waals surface area contributed by atoms with Crippen molar-refractivity contribution in [3.8, 4) is 0 Å². The molecule has 1 rings (SSSR count). The fraction of sp³-hybridized carbons (Fsp3) is 0.818. The maximum absolute atomic E-state index is 11.7. The van der Waals surface area contributed by atoms with Crippen LogP contribution in [-0.4, -0.2) is 42.6 Å². The Bertz CT molecular complexity index is 262. The molecule has 0 aromatic heterocycles. The second-order valence-electron chi connectivity index (χ2n) is 4.36. The Balaban J connectivity index is 2.21. The molecule has 1 aliphatic rings. The van der Waals surface area contributed by atoms with E-state index < -0.39 is 6.03 Å². The van der Waals surface area contributed by atoms with Gasteiger partial charge in [0.1, 0.15) is 0 Å². The number of rotatable bonds is 4. The van der Waals surface area contributed by atoms with Gasteiger partial charge in [-0.25, -0.2) is 9.59 Å². The molecule has 4 amide bonds. The van der Waals surface area contributed by atoms with Gasteiger partial charge in [0.25, 0.3) is 0 Å². The first-order chi connectivity index (χ1) is 8.13. The number of urea groups is 2. The summed E-state index contributed by atoms with van der Waals surface area (Å²) < 4.78 is 0. The zero-order valence-corrected chi connectivity index (χ0v) is 10.4. The molecule has 6 nitrogen and oxygen atoms in total. The minimum absolute atomic E-state index is 0.00373. The molecule has 0 bridgehead atoms. The number of primary amides is 1. The number of nitrogens with zero attached hydrogens (tertiary/aromatic N) is 1. The Morgan fingerprint density at radius 2 is 2.00 bits per heavy atom. The summed E-state index contributed by atoms with van der Waals surface area (Å²) in [5.41, 5.74) is 5.06. The zero-order chi connectivity index (χ0) is 12.7. The van der Waals surface area contributed by atoms with Gasteiger partial charge in [0, 0.05) is 25.7 Å². The van der Waals surface area contributed by atoms with E-state index in [0.29, 0.717) is 13.1 Å². The monoisotopic (exact) mass is 242 g/mol. The van der Waals surface area contributed by atoms with Crippen molar-refractivity contribution in [3.63, 3.8) is 0 Å². The van der Waals surface area contributed by atoms with Gasteiger partial charge >= 0.3 is 12.1 Å². The van der Waals surface area contributed by atoms with Crippen molar-refractivity contribution < 1.29 is 9.59 Å². The van der Waals surface area contributed by atoms with Gasteiger partial charge in [-0.2, -0.15) is 0 Å². The second kappa shape index (κ2) is 6.98. The molecule has 0 unspecified atom stereocenters. The molecular weight excluding hydrogens is 220 g/mol. The number of nitrogens with one attached hydrogen (secondary N) is 2. The molecule has 0 saturated carbocycles. The second-order valence-corrected chi connectivity index (χ2v) is 4.36. The van der Waals surface area contributed by atoms with E-state index in [1.54, 1.807) is 4.90 Å². The van der Waals surface area contributed by atoms with Gasteiger partial charge < -0.3 is 21.3 Å². The predicted octanol–water partition coefficient (Wildman–Crippen LogP) is 0.629. The Hall–Kier alpha value is -1.46. The van der Waals surface area contributed by atoms with Gasteiger partial charge in [0.05, 0.1) is 0 Å². The van der Waals surface area contributed by atoms with Crippen molar-refractivity contribution in [2.45, 2.75) is 38.6 Å². The van der Waals surface area contributed by atoms with E-state index in [-0.39, 0.29) is 12.1 Å². The Labute approximate surface area is 102 Å². The lowest BCUT2D eigenvalue weighted by Crippen LogP contribution is -2.50. The molecule has 1 saturated heterocycles. The van der Waals surface area contributed by atoms with Crippen molar-refractivity contribution in [1.82, 2.24) is 15.5 Å². The third-order valence-corrected chi connectivity index (χ3v) is 2.94. The maximum atomic E-state index is 11.7. The van der Waals surface area contributed by atoms with Crippen LogP contribution in [0.5, 0.6) is 0 Å². The normalized spacial score (nSPS) is 16.6. The zero-order valence-electron chi connectivity index (χ0n) is 10.4. The molecule has 4 N–H and O–H groups in total. The molecule has 98 valence electrons.